The van der Waals surface area contributed by atoms with Crippen LogP contribution in [-0.2, 0) is 0 Å². The second-order valence-electron chi connectivity index (χ2n) is 3.97. The number of anilines is 1. The van der Waals surface area contributed by atoms with Crippen LogP contribution >= 0.6 is 23.4 Å². The number of para-hydroxylation sites is 2. The number of aromatic nitrogens is 2. The number of nitrogens with zero attached hydrogens (tertiary/aromatic N) is 1. The monoisotopic (exact) mass is 293 g/mol. The Bertz CT molecular complexity index is 724. The summed E-state index contributed by atoms with van der Waals surface area (Å²) in [5.74, 6) is -0.520. The zero-order chi connectivity index (χ0) is 13.4. The molecule has 0 fully saturated rings. The number of hydrogen-bond acceptors (Lipinski definition) is 3. The van der Waals surface area contributed by atoms with E-state index in [0.29, 0.717) is 15.7 Å². The minimum atomic E-state index is -0.520. The third-order valence-corrected chi connectivity index (χ3v) is 3.88. The molecule has 3 rings (SSSR count). The Labute approximate surface area is 118 Å². The molecule has 0 saturated carbocycles. The molecule has 0 amide bonds. The molecule has 0 bridgehead atoms. The predicted molar refractivity (Wildman–Crippen MR) is 76.0 cm³/mol. The lowest BCUT2D eigenvalue weighted by Gasteiger charge is -2.04. The normalized spacial score (nSPS) is 11.1. The van der Waals surface area contributed by atoms with Crippen molar-refractivity contribution in [1.29, 1.82) is 0 Å². The standard InChI is InChI=1S/C13H9ClFN3S/c14-7-5-12(9(16)6-8(7)15)19-13-17-10-3-1-2-4-11(10)18-13/h1-6H,16H2,(H,17,18). The highest BCUT2D eigenvalue weighted by molar-refractivity contribution is 7.99. The van der Waals surface area contributed by atoms with Gasteiger partial charge in [0, 0.05) is 10.6 Å². The smallest absolute Gasteiger partial charge is 0.171 e. The molecular weight excluding hydrogens is 285 g/mol. The van der Waals surface area contributed by atoms with E-state index in [1.165, 1.54) is 23.9 Å². The summed E-state index contributed by atoms with van der Waals surface area (Å²) in [7, 11) is 0. The molecule has 0 spiro atoms. The molecule has 0 unspecified atom stereocenters. The topological polar surface area (TPSA) is 54.7 Å². The fraction of sp³-hybridized carbons (Fsp3) is 0. The Morgan fingerprint density at radius 1 is 1.26 bits per heavy atom. The van der Waals surface area contributed by atoms with Crippen molar-refractivity contribution in [2.75, 3.05) is 5.73 Å². The van der Waals surface area contributed by atoms with Crippen molar-refractivity contribution in [3.05, 3.63) is 47.2 Å². The Morgan fingerprint density at radius 3 is 2.84 bits per heavy atom. The number of nitrogen functional groups attached to an aromatic ring is 1. The van der Waals surface area contributed by atoms with Gasteiger partial charge < -0.3 is 10.7 Å². The van der Waals surface area contributed by atoms with Crippen molar-refractivity contribution in [3.63, 3.8) is 0 Å². The van der Waals surface area contributed by atoms with E-state index >= 15 is 0 Å². The molecule has 96 valence electrons. The van der Waals surface area contributed by atoms with Crippen LogP contribution in [0.3, 0.4) is 0 Å². The van der Waals surface area contributed by atoms with Crippen molar-refractivity contribution in [3.8, 4) is 0 Å². The summed E-state index contributed by atoms with van der Waals surface area (Å²) >= 11 is 7.08. The fourth-order valence-electron chi connectivity index (χ4n) is 1.71. The quantitative estimate of drug-likeness (QED) is 0.700. The second-order valence-corrected chi connectivity index (χ2v) is 5.40. The largest absolute Gasteiger partial charge is 0.398 e. The van der Waals surface area contributed by atoms with Gasteiger partial charge >= 0.3 is 0 Å². The average molecular weight is 294 g/mol. The molecule has 3 N–H and O–H groups in total. The highest BCUT2D eigenvalue weighted by Crippen LogP contribution is 2.34. The first-order valence-electron chi connectivity index (χ1n) is 5.50. The number of imidazole rings is 1. The lowest BCUT2D eigenvalue weighted by Crippen LogP contribution is -1.91. The first-order valence-corrected chi connectivity index (χ1v) is 6.70. The van der Waals surface area contributed by atoms with Gasteiger partial charge in [0.2, 0.25) is 0 Å². The van der Waals surface area contributed by atoms with Gasteiger partial charge in [-0.15, -0.1) is 0 Å². The molecule has 0 saturated heterocycles. The summed E-state index contributed by atoms with van der Waals surface area (Å²) < 4.78 is 13.2. The van der Waals surface area contributed by atoms with Crippen LogP contribution in [0.15, 0.2) is 46.5 Å². The van der Waals surface area contributed by atoms with E-state index in [0.717, 1.165) is 11.0 Å². The maximum atomic E-state index is 13.2. The highest BCUT2D eigenvalue weighted by atomic mass is 35.5. The van der Waals surface area contributed by atoms with Crippen molar-refractivity contribution < 1.29 is 4.39 Å². The molecule has 0 radical (unpaired) electrons. The molecule has 0 aliphatic carbocycles. The maximum absolute atomic E-state index is 13.2. The molecule has 3 aromatic rings. The lowest BCUT2D eigenvalue weighted by atomic mass is 10.3. The van der Waals surface area contributed by atoms with Gasteiger partial charge in [0.15, 0.2) is 5.16 Å². The van der Waals surface area contributed by atoms with Crippen LogP contribution in [0.4, 0.5) is 10.1 Å². The van der Waals surface area contributed by atoms with Gasteiger partial charge in [0.1, 0.15) is 5.82 Å². The van der Waals surface area contributed by atoms with Gasteiger partial charge in [-0.3, -0.25) is 0 Å². The molecular formula is C13H9ClFN3S. The van der Waals surface area contributed by atoms with Gasteiger partial charge in [0.05, 0.1) is 16.1 Å². The van der Waals surface area contributed by atoms with E-state index < -0.39 is 5.82 Å². The van der Waals surface area contributed by atoms with E-state index in [1.54, 1.807) is 0 Å². The van der Waals surface area contributed by atoms with Gasteiger partial charge in [0.25, 0.3) is 0 Å². The summed E-state index contributed by atoms with van der Waals surface area (Å²) in [5.41, 5.74) is 7.92. The summed E-state index contributed by atoms with van der Waals surface area (Å²) in [6.07, 6.45) is 0. The predicted octanol–water partition coefficient (Wildman–Crippen LogP) is 4.09. The zero-order valence-electron chi connectivity index (χ0n) is 9.65. The van der Waals surface area contributed by atoms with Crippen molar-refractivity contribution in [2.24, 2.45) is 0 Å². The van der Waals surface area contributed by atoms with Gasteiger partial charge in [-0.1, -0.05) is 23.7 Å². The number of H-pyrrole nitrogens is 1. The van der Waals surface area contributed by atoms with Gasteiger partial charge in [-0.05, 0) is 36.0 Å². The lowest BCUT2D eigenvalue weighted by molar-refractivity contribution is 0.628. The van der Waals surface area contributed by atoms with Crippen LogP contribution in [0.1, 0.15) is 0 Å². The van der Waals surface area contributed by atoms with Crippen LogP contribution in [0, 0.1) is 5.82 Å². The van der Waals surface area contributed by atoms with Crippen LogP contribution in [-0.4, -0.2) is 9.97 Å². The molecule has 3 nitrogen and oxygen atoms in total. The van der Waals surface area contributed by atoms with Crippen LogP contribution in [0.2, 0.25) is 5.02 Å². The summed E-state index contributed by atoms with van der Waals surface area (Å²) in [5, 5.41) is 0.739. The molecule has 0 aliphatic rings. The number of hydrogen-bond donors (Lipinski definition) is 2. The minimum absolute atomic E-state index is 0.0489. The number of nitrogens with two attached hydrogens (primary N) is 1. The number of aromatic amines is 1. The van der Waals surface area contributed by atoms with Crippen molar-refractivity contribution >= 4 is 40.1 Å². The summed E-state index contributed by atoms with van der Waals surface area (Å²) in [6.45, 7) is 0. The second kappa shape index (κ2) is 4.75. The van der Waals surface area contributed by atoms with E-state index in [2.05, 4.69) is 9.97 Å². The average Bonchev–Trinajstić information content (AvgIpc) is 2.78. The minimum Gasteiger partial charge on any atom is -0.398 e. The molecule has 0 aliphatic heterocycles. The third-order valence-electron chi connectivity index (χ3n) is 2.63. The Kier molecular flexibility index (Phi) is 3.08. The number of halogens is 2. The molecule has 1 aromatic heterocycles. The highest BCUT2D eigenvalue weighted by Gasteiger charge is 2.10. The molecule has 0 atom stereocenters. The number of benzene rings is 2. The van der Waals surface area contributed by atoms with Crippen LogP contribution in [0.5, 0.6) is 0 Å². The van der Waals surface area contributed by atoms with Crippen molar-refractivity contribution in [1.82, 2.24) is 9.97 Å². The first kappa shape index (κ1) is 12.3. The number of fused-ring (bicyclic) bond motifs is 1. The van der Waals surface area contributed by atoms with Gasteiger partial charge in [-0.25, -0.2) is 9.37 Å². The zero-order valence-corrected chi connectivity index (χ0v) is 11.2. The first-order chi connectivity index (χ1) is 9.13. The molecule has 19 heavy (non-hydrogen) atoms. The Balaban J connectivity index is 1.98. The molecule has 1 heterocycles. The summed E-state index contributed by atoms with van der Waals surface area (Å²) in [4.78, 5) is 8.25. The summed E-state index contributed by atoms with van der Waals surface area (Å²) in [6, 6.07) is 10.4. The fourth-order valence-corrected chi connectivity index (χ4v) is 2.81. The van der Waals surface area contributed by atoms with E-state index in [4.69, 9.17) is 17.3 Å². The number of nitrogens with one attached hydrogen (secondary N) is 1. The molecule has 2 aromatic carbocycles. The Hall–Kier alpha value is -1.72. The molecule has 6 heteroatoms. The van der Waals surface area contributed by atoms with Gasteiger partial charge in [-0.2, -0.15) is 0 Å². The Morgan fingerprint density at radius 2 is 2.05 bits per heavy atom. The van der Waals surface area contributed by atoms with Crippen LogP contribution < -0.4 is 5.73 Å². The third kappa shape index (κ3) is 2.39. The van der Waals surface area contributed by atoms with Crippen LogP contribution in [0.25, 0.3) is 11.0 Å². The number of rotatable bonds is 2. The van der Waals surface area contributed by atoms with E-state index in [9.17, 15) is 4.39 Å². The van der Waals surface area contributed by atoms with E-state index in [-0.39, 0.29) is 5.02 Å². The van der Waals surface area contributed by atoms with E-state index in [1.807, 2.05) is 24.3 Å². The van der Waals surface area contributed by atoms with Crippen molar-refractivity contribution in [2.45, 2.75) is 10.1 Å². The SMILES string of the molecule is Nc1cc(F)c(Cl)cc1Sc1nc2ccccc2[nH]1. The maximum Gasteiger partial charge on any atom is 0.171 e.